The van der Waals surface area contributed by atoms with Crippen LogP contribution in [0.15, 0.2) is 36.5 Å². The first-order valence-electron chi connectivity index (χ1n) is 8.41. The number of ether oxygens (including phenoxy) is 3. The van der Waals surface area contributed by atoms with Gasteiger partial charge in [-0.25, -0.2) is 4.39 Å². The van der Waals surface area contributed by atoms with Crippen LogP contribution in [0.5, 0.6) is 17.2 Å². The summed E-state index contributed by atoms with van der Waals surface area (Å²) in [5.74, 6) is 0.886. The van der Waals surface area contributed by atoms with E-state index in [1.165, 1.54) is 18.2 Å². The van der Waals surface area contributed by atoms with Crippen molar-refractivity contribution < 1.29 is 23.4 Å². The number of halogens is 1. The van der Waals surface area contributed by atoms with Gasteiger partial charge in [-0.1, -0.05) is 6.07 Å². The maximum absolute atomic E-state index is 13.2. The third-order valence-corrected chi connectivity index (χ3v) is 4.32. The monoisotopic (exact) mass is 372 g/mol. The number of hydrogen-bond acceptors (Lipinski definition) is 4. The van der Waals surface area contributed by atoms with E-state index in [1.807, 2.05) is 12.3 Å². The van der Waals surface area contributed by atoms with Crippen LogP contribution in [-0.2, 0) is 6.42 Å². The van der Waals surface area contributed by atoms with Crippen LogP contribution in [0.2, 0.25) is 0 Å². The zero-order valence-electron chi connectivity index (χ0n) is 15.4. The molecule has 0 aliphatic heterocycles. The lowest BCUT2D eigenvalue weighted by Gasteiger charge is -2.14. The van der Waals surface area contributed by atoms with Gasteiger partial charge in [0, 0.05) is 29.8 Å². The molecule has 2 aromatic carbocycles. The molecule has 0 fully saturated rings. The number of methoxy groups -OCH3 is 3. The number of nitrogens with one attached hydrogen (secondary N) is 2. The fourth-order valence-corrected chi connectivity index (χ4v) is 3.07. The number of rotatable bonds is 7. The number of H-pyrrole nitrogens is 1. The van der Waals surface area contributed by atoms with Crippen molar-refractivity contribution in [3.05, 3.63) is 53.5 Å². The highest BCUT2D eigenvalue weighted by Gasteiger charge is 2.19. The summed E-state index contributed by atoms with van der Waals surface area (Å²) >= 11 is 0. The summed E-state index contributed by atoms with van der Waals surface area (Å²) in [6.45, 7) is 0.389. The van der Waals surface area contributed by atoms with E-state index in [0.29, 0.717) is 30.2 Å². The van der Waals surface area contributed by atoms with Gasteiger partial charge in [-0.3, -0.25) is 4.79 Å². The summed E-state index contributed by atoms with van der Waals surface area (Å²) in [4.78, 5) is 15.3. The first-order chi connectivity index (χ1) is 13.1. The topological polar surface area (TPSA) is 72.6 Å². The number of carbonyl (C=O) groups is 1. The van der Waals surface area contributed by atoms with Gasteiger partial charge in [-0.05, 0) is 30.2 Å². The number of amides is 1. The Hall–Kier alpha value is -3.22. The van der Waals surface area contributed by atoms with Crippen LogP contribution in [0.1, 0.15) is 15.9 Å². The average molecular weight is 372 g/mol. The first kappa shape index (κ1) is 18.6. The Balaban J connectivity index is 1.80. The van der Waals surface area contributed by atoms with Crippen molar-refractivity contribution in [2.24, 2.45) is 0 Å². The largest absolute Gasteiger partial charge is 0.493 e. The summed E-state index contributed by atoms with van der Waals surface area (Å²) < 4.78 is 29.6. The molecule has 0 saturated carbocycles. The molecule has 0 atom stereocenters. The predicted octanol–water partition coefficient (Wildman–Crippen LogP) is 3.31. The Morgan fingerprint density at radius 2 is 1.89 bits per heavy atom. The number of carbonyl (C=O) groups excluding carboxylic acids is 1. The van der Waals surface area contributed by atoms with Crippen molar-refractivity contribution in [3.8, 4) is 17.2 Å². The van der Waals surface area contributed by atoms with E-state index in [2.05, 4.69) is 10.3 Å². The maximum Gasteiger partial charge on any atom is 0.251 e. The fraction of sp³-hybridized carbons (Fsp3) is 0.250. The highest BCUT2D eigenvalue weighted by atomic mass is 19.1. The van der Waals surface area contributed by atoms with Crippen LogP contribution in [0.25, 0.3) is 10.9 Å². The normalized spacial score (nSPS) is 10.7. The second-order valence-corrected chi connectivity index (χ2v) is 5.90. The zero-order chi connectivity index (χ0) is 19.4. The maximum atomic E-state index is 13.2. The average Bonchev–Trinajstić information content (AvgIpc) is 3.08. The zero-order valence-corrected chi connectivity index (χ0v) is 15.4. The van der Waals surface area contributed by atoms with E-state index in [4.69, 9.17) is 14.2 Å². The van der Waals surface area contributed by atoms with Crippen LogP contribution in [-0.4, -0.2) is 38.8 Å². The van der Waals surface area contributed by atoms with Gasteiger partial charge >= 0.3 is 0 Å². The van der Waals surface area contributed by atoms with Gasteiger partial charge in [0.05, 0.1) is 26.8 Å². The predicted molar refractivity (Wildman–Crippen MR) is 100 cm³/mol. The van der Waals surface area contributed by atoms with Crippen molar-refractivity contribution in [3.63, 3.8) is 0 Å². The van der Waals surface area contributed by atoms with Gasteiger partial charge in [-0.15, -0.1) is 0 Å². The minimum absolute atomic E-state index is 0.290. The van der Waals surface area contributed by atoms with E-state index in [-0.39, 0.29) is 11.5 Å². The molecule has 1 amide bonds. The molecule has 0 spiro atoms. The molecule has 0 aliphatic rings. The third kappa shape index (κ3) is 3.67. The van der Waals surface area contributed by atoms with Crippen LogP contribution in [0.4, 0.5) is 4.39 Å². The number of aromatic nitrogens is 1. The molecule has 142 valence electrons. The van der Waals surface area contributed by atoms with Crippen molar-refractivity contribution in [1.82, 2.24) is 10.3 Å². The van der Waals surface area contributed by atoms with Gasteiger partial charge in [0.1, 0.15) is 5.82 Å². The molecule has 6 nitrogen and oxygen atoms in total. The molecule has 0 radical (unpaired) electrons. The standard InChI is InChI=1S/C20H21FN2O4/c1-25-16-10-15-17(19(27-3)18(16)26-2)13(11-23-15)7-8-22-20(24)12-5-4-6-14(21)9-12/h4-6,9-11,23H,7-8H2,1-3H3,(H,22,24). The molecule has 27 heavy (non-hydrogen) atoms. The molecule has 0 aliphatic carbocycles. The Morgan fingerprint density at radius 1 is 1.11 bits per heavy atom. The molecule has 0 unspecified atom stereocenters. The minimum Gasteiger partial charge on any atom is -0.493 e. The quantitative estimate of drug-likeness (QED) is 0.667. The number of benzene rings is 2. The summed E-state index contributed by atoms with van der Waals surface area (Å²) in [6, 6.07) is 7.43. The van der Waals surface area contributed by atoms with Crippen molar-refractivity contribution in [2.75, 3.05) is 27.9 Å². The van der Waals surface area contributed by atoms with E-state index in [1.54, 1.807) is 27.4 Å². The summed E-state index contributed by atoms with van der Waals surface area (Å²) in [7, 11) is 4.69. The number of aromatic amines is 1. The molecule has 0 saturated heterocycles. The van der Waals surface area contributed by atoms with Gasteiger partial charge in [-0.2, -0.15) is 0 Å². The van der Waals surface area contributed by atoms with Crippen molar-refractivity contribution >= 4 is 16.8 Å². The molecule has 3 aromatic rings. The molecule has 1 heterocycles. The van der Waals surface area contributed by atoms with E-state index in [9.17, 15) is 9.18 Å². The second-order valence-electron chi connectivity index (χ2n) is 5.90. The SMILES string of the molecule is COc1cc2[nH]cc(CCNC(=O)c3cccc(F)c3)c2c(OC)c1OC. The molecule has 3 rings (SSSR count). The van der Waals surface area contributed by atoms with Crippen LogP contribution in [0.3, 0.4) is 0 Å². The number of hydrogen-bond donors (Lipinski definition) is 2. The lowest BCUT2D eigenvalue weighted by molar-refractivity contribution is 0.0953. The molecule has 2 N–H and O–H groups in total. The van der Waals surface area contributed by atoms with Crippen LogP contribution < -0.4 is 19.5 Å². The lowest BCUT2D eigenvalue weighted by Crippen LogP contribution is -2.25. The highest BCUT2D eigenvalue weighted by molar-refractivity contribution is 5.95. The Labute approximate surface area is 156 Å². The van der Waals surface area contributed by atoms with Crippen molar-refractivity contribution in [1.29, 1.82) is 0 Å². The Bertz CT molecular complexity index is 968. The Kier molecular flexibility index (Phi) is 5.49. The summed E-state index contributed by atoms with van der Waals surface area (Å²) in [5.41, 5.74) is 2.09. The molecular weight excluding hydrogens is 351 g/mol. The van der Waals surface area contributed by atoms with E-state index >= 15 is 0 Å². The second kappa shape index (κ2) is 7.99. The van der Waals surface area contributed by atoms with Gasteiger partial charge in [0.25, 0.3) is 5.91 Å². The van der Waals surface area contributed by atoms with Gasteiger partial charge in [0.2, 0.25) is 5.75 Å². The fourth-order valence-electron chi connectivity index (χ4n) is 3.07. The molecule has 1 aromatic heterocycles. The van der Waals surface area contributed by atoms with Gasteiger partial charge in [0.15, 0.2) is 11.5 Å². The minimum atomic E-state index is -0.440. The molecular formula is C20H21FN2O4. The lowest BCUT2D eigenvalue weighted by atomic mass is 10.1. The molecule has 0 bridgehead atoms. The summed E-state index contributed by atoms with van der Waals surface area (Å²) in [6.07, 6.45) is 2.42. The number of fused-ring (bicyclic) bond motifs is 1. The Morgan fingerprint density at radius 3 is 2.56 bits per heavy atom. The summed E-state index contributed by atoms with van der Waals surface area (Å²) in [5, 5.41) is 3.67. The van der Waals surface area contributed by atoms with Crippen molar-refractivity contribution in [2.45, 2.75) is 6.42 Å². The van der Waals surface area contributed by atoms with Crippen LogP contribution in [0, 0.1) is 5.82 Å². The van der Waals surface area contributed by atoms with E-state index < -0.39 is 5.82 Å². The first-order valence-corrected chi connectivity index (χ1v) is 8.41. The molecule has 7 heteroatoms. The van der Waals surface area contributed by atoms with Gasteiger partial charge < -0.3 is 24.5 Å². The highest BCUT2D eigenvalue weighted by Crippen LogP contribution is 2.44. The smallest absolute Gasteiger partial charge is 0.251 e. The van der Waals surface area contributed by atoms with Crippen LogP contribution >= 0.6 is 0 Å². The van der Waals surface area contributed by atoms with E-state index in [0.717, 1.165) is 16.5 Å². The third-order valence-electron chi connectivity index (χ3n) is 4.32.